The molecule has 0 aromatic heterocycles. The van der Waals surface area contributed by atoms with Crippen molar-refractivity contribution in [1.82, 2.24) is 4.90 Å². The number of aryl methyl sites for hydroxylation is 1. The number of carbonyl (C=O) groups excluding carboxylic acids is 1. The zero-order chi connectivity index (χ0) is 12.5. The first-order valence-corrected chi connectivity index (χ1v) is 8.81. The standard InChI is InChI=1S/C14H21NOS/c1-12-4-6-13(7-5-12)14(16)15-8-10-17(2,3)11-9-15/h4-7H,8-11H2,1-3H3. The summed E-state index contributed by atoms with van der Waals surface area (Å²) in [4.78, 5) is 14.3. The minimum Gasteiger partial charge on any atom is -0.337 e. The fourth-order valence-corrected chi connectivity index (χ4v) is 3.64. The van der Waals surface area contributed by atoms with Gasteiger partial charge in [0.05, 0.1) is 0 Å². The highest BCUT2D eigenvalue weighted by Crippen LogP contribution is 2.41. The van der Waals surface area contributed by atoms with Gasteiger partial charge in [-0.05, 0) is 43.1 Å². The SMILES string of the molecule is Cc1ccc(C(=O)N2CCS(C)(C)CC2)cc1. The summed E-state index contributed by atoms with van der Waals surface area (Å²) in [5.74, 6) is 2.56. The van der Waals surface area contributed by atoms with E-state index in [-0.39, 0.29) is 5.91 Å². The van der Waals surface area contributed by atoms with E-state index in [1.807, 2.05) is 36.1 Å². The van der Waals surface area contributed by atoms with E-state index in [0.717, 1.165) is 18.7 Å². The van der Waals surface area contributed by atoms with E-state index < -0.39 is 10.0 Å². The van der Waals surface area contributed by atoms with Crippen LogP contribution >= 0.6 is 10.0 Å². The summed E-state index contributed by atoms with van der Waals surface area (Å²) in [6.07, 6.45) is 4.72. The smallest absolute Gasteiger partial charge is 0.253 e. The fourth-order valence-electron chi connectivity index (χ4n) is 2.01. The summed E-state index contributed by atoms with van der Waals surface area (Å²) in [6.45, 7) is 3.89. The van der Waals surface area contributed by atoms with Crippen LogP contribution in [0.4, 0.5) is 0 Å². The molecule has 17 heavy (non-hydrogen) atoms. The van der Waals surface area contributed by atoms with Crippen molar-refractivity contribution >= 4 is 15.9 Å². The molecule has 1 saturated heterocycles. The maximum Gasteiger partial charge on any atom is 0.253 e. The molecule has 1 heterocycles. The summed E-state index contributed by atoms with van der Waals surface area (Å²) in [5, 5.41) is 0. The molecule has 0 spiro atoms. The van der Waals surface area contributed by atoms with Crippen LogP contribution in [0, 0.1) is 6.92 Å². The third-order valence-corrected chi connectivity index (χ3v) is 5.99. The molecule has 0 aliphatic carbocycles. The molecule has 1 aromatic rings. The van der Waals surface area contributed by atoms with Gasteiger partial charge in [0.25, 0.3) is 5.91 Å². The van der Waals surface area contributed by atoms with Gasteiger partial charge in [-0.25, -0.2) is 10.0 Å². The van der Waals surface area contributed by atoms with Crippen molar-refractivity contribution in [3.05, 3.63) is 35.4 Å². The molecule has 0 N–H and O–H groups in total. The number of carbonyl (C=O) groups is 1. The Morgan fingerprint density at radius 1 is 1.12 bits per heavy atom. The van der Waals surface area contributed by atoms with Gasteiger partial charge in [-0.2, -0.15) is 0 Å². The molecule has 1 aromatic carbocycles. The van der Waals surface area contributed by atoms with Gasteiger partial charge in [0.2, 0.25) is 0 Å². The second-order valence-corrected chi connectivity index (χ2v) is 9.68. The molecule has 2 nitrogen and oxygen atoms in total. The van der Waals surface area contributed by atoms with Crippen LogP contribution in [-0.2, 0) is 0 Å². The lowest BCUT2D eigenvalue weighted by Gasteiger charge is -2.41. The Bertz CT molecular complexity index is 401. The zero-order valence-electron chi connectivity index (χ0n) is 10.9. The molecular weight excluding hydrogens is 230 g/mol. The molecule has 0 bridgehead atoms. The van der Waals surface area contributed by atoms with E-state index in [4.69, 9.17) is 0 Å². The van der Waals surface area contributed by atoms with Crippen molar-refractivity contribution in [3.8, 4) is 0 Å². The Hall–Kier alpha value is -0.960. The van der Waals surface area contributed by atoms with E-state index in [0.29, 0.717) is 0 Å². The van der Waals surface area contributed by atoms with Gasteiger partial charge >= 0.3 is 0 Å². The van der Waals surface area contributed by atoms with Crippen LogP contribution in [-0.4, -0.2) is 47.9 Å². The van der Waals surface area contributed by atoms with Crippen LogP contribution < -0.4 is 0 Å². The van der Waals surface area contributed by atoms with E-state index >= 15 is 0 Å². The second kappa shape index (κ2) is 4.73. The van der Waals surface area contributed by atoms with Crippen molar-refractivity contribution in [2.24, 2.45) is 0 Å². The third-order valence-electron chi connectivity index (χ3n) is 3.41. The molecule has 1 aliphatic rings. The maximum absolute atomic E-state index is 12.3. The first-order chi connectivity index (χ1) is 7.98. The summed E-state index contributed by atoms with van der Waals surface area (Å²) < 4.78 is 0. The topological polar surface area (TPSA) is 20.3 Å². The molecule has 2 rings (SSSR count). The van der Waals surface area contributed by atoms with Gasteiger partial charge in [-0.15, -0.1) is 0 Å². The van der Waals surface area contributed by atoms with Crippen LogP contribution in [0.2, 0.25) is 0 Å². The van der Waals surface area contributed by atoms with Crippen molar-refractivity contribution in [2.75, 3.05) is 37.1 Å². The van der Waals surface area contributed by atoms with Crippen LogP contribution in [0.15, 0.2) is 24.3 Å². The van der Waals surface area contributed by atoms with Crippen molar-refractivity contribution in [1.29, 1.82) is 0 Å². The Morgan fingerprint density at radius 2 is 1.65 bits per heavy atom. The molecule has 0 atom stereocenters. The van der Waals surface area contributed by atoms with Gasteiger partial charge < -0.3 is 4.90 Å². The molecule has 0 unspecified atom stereocenters. The van der Waals surface area contributed by atoms with Gasteiger partial charge in [-0.3, -0.25) is 4.79 Å². The lowest BCUT2D eigenvalue weighted by Crippen LogP contribution is -2.41. The molecule has 3 heteroatoms. The molecule has 0 saturated carbocycles. The summed E-state index contributed by atoms with van der Waals surface area (Å²) in [5.41, 5.74) is 2.02. The fraction of sp³-hybridized carbons (Fsp3) is 0.500. The lowest BCUT2D eigenvalue weighted by molar-refractivity contribution is 0.0771. The van der Waals surface area contributed by atoms with Crippen LogP contribution in [0.25, 0.3) is 0 Å². The quantitative estimate of drug-likeness (QED) is 0.751. The number of benzene rings is 1. The van der Waals surface area contributed by atoms with Crippen molar-refractivity contribution in [2.45, 2.75) is 6.92 Å². The van der Waals surface area contributed by atoms with Gasteiger partial charge in [0, 0.05) is 18.7 Å². The minimum absolute atomic E-state index is 0.194. The third kappa shape index (κ3) is 3.03. The first-order valence-electron chi connectivity index (χ1n) is 6.03. The maximum atomic E-state index is 12.3. The van der Waals surface area contributed by atoms with E-state index in [1.165, 1.54) is 17.1 Å². The average molecular weight is 251 g/mol. The number of nitrogens with zero attached hydrogens (tertiary/aromatic N) is 1. The first kappa shape index (κ1) is 12.5. The molecule has 1 aliphatic heterocycles. The Balaban J connectivity index is 2.04. The highest BCUT2D eigenvalue weighted by Gasteiger charge is 2.24. The second-order valence-electron chi connectivity index (χ2n) is 5.33. The van der Waals surface area contributed by atoms with E-state index in [2.05, 4.69) is 12.5 Å². The molecule has 1 fully saturated rings. The van der Waals surface area contributed by atoms with Crippen LogP contribution in [0.1, 0.15) is 15.9 Å². The number of hydrogen-bond acceptors (Lipinski definition) is 1. The average Bonchev–Trinajstić information content (AvgIpc) is 2.29. The Labute approximate surface area is 105 Å². The molecule has 0 radical (unpaired) electrons. The van der Waals surface area contributed by atoms with Crippen molar-refractivity contribution in [3.63, 3.8) is 0 Å². The normalized spacial score (nSPS) is 21.0. The predicted octanol–water partition coefficient (Wildman–Crippen LogP) is 2.52. The van der Waals surface area contributed by atoms with Crippen molar-refractivity contribution < 1.29 is 4.79 Å². The van der Waals surface area contributed by atoms with E-state index in [1.54, 1.807) is 0 Å². The highest BCUT2D eigenvalue weighted by molar-refractivity contribution is 8.32. The van der Waals surface area contributed by atoms with Crippen LogP contribution in [0.3, 0.4) is 0 Å². The Morgan fingerprint density at radius 3 is 2.18 bits per heavy atom. The summed E-state index contributed by atoms with van der Waals surface area (Å²) >= 11 is 0. The lowest BCUT2D eigenvalue weighted by atomic mass is 10.1. The minimum atomic E-state index is -0.432. The number of hydrogen-bond donors (Lipinski definition) is 0. The molecule has 1 amide bonds. The monoisotopic (exact) mass is 251 g/mol. The largest absolute Gasteiger partial charge is 0.337 e. The number of amides is 1. The Kier molecular flexibility index (Phi) is 3.48. The molecular formula is C14H21NOS. The number of rotatable bonds is 1. The summed E-state index contributed by atoms with van der Waals surface area (Å²) in [7, 11) is -0.432. The predicted molar refractivity (Wildman–Crippen MR) is 76.3 cm³/mol. The van der Waals surface area contributed by atoms with E-state index in [9.17, 15) is 4.79 Å². The van der Waals surface area contributed by atoms with Gasteiger partial charge in [0.1, 0.15) is 0 Å². The van der Waals surface area contributed by atoms with Gasteiger partial charge in [-0.1, -0.05) is 17.7 Å². The highest BCUT2D eigenvalue weighted by atomic mass is 32.3. The summed E-state index contributed by atoms with van der Waals surface area (Å²) in [6, 6.07) is 7.88. The van der Waals surface area contributed by atoms with Crippen LogP contribution in [0.5, 0.6) is 0 Å². The zero-order valence-corrected chi connectivity index (χ0v) is 11.7. The molecule has 94 valence electrons. The van der Waals surface area contributed by atoms with Gasteiger partial charge in [0.15, 0.2) is 0 Å².